The summed E-state index contributed by atoms with van der Waals surface area (Å²) in [5, 5.41) is 7.05. The molecular formula is C19H19N5O3. The molecule has 0 saturated carbocycles. The number of fused-ring (bicyclic) bond motifs is 1. The van der Waals surface area contributed by atoms with E-state index in [-0.39, 0.29) is 11.8 Å². The number of methoxy groups -OCH3 is 1. The van der Waals surface area contributed by atoms with Gasteiger partial charge in [-0.25, -0.2) is 14.6 Å². The third-order valence-corrected chi connectivity index (χ3v) is 4.44. The molecule has 1 atom stereocenters. The lowest BCUT2D eigenvalue weighted by atomic mass is 9.99. The number of hydrogen-bond acceptors (Lipinski definition) is 6. The van der Waals surface area contributed by atoms with Crippen LogP contribution in [-0.4, -0.2) is 32.8 Å². The summed E-state index contributed by atoms with van der Waals surface area (Å²) in [5.74, 6) is 2.53. The molecule has 2 aromatic heterocycles. The second-order valence-corrected chi connectivity index (χ2v) is 6.25. The zero-order valence-electron chi connectivity index (χ0n) is 14.8. The van der Waals surface area contributed by atoms with E-state index in [4.69, 9.17) is 9.47 Å². The van der Waals surface area contributed by atoms with Crippen molar-refractivity contribution in [3.8, 4) is 17.4 Å². The number of nitrogens with one attached hydrogen (secondary N) is 1. The average Bonchev–Trinajstić information content (AvgIpc) is 3.17. The van der Waals surface area contributed by atoms with Crippen molar-refractivity contribution in [1.82, 2.24) is 19.7 Å². The Balaban J connectivity index is 1.37. The third-order valence-electron chi connectivity index (χ3n) is 4.44. The standard InChI is InChI=1S/C19H19N5O3/c1-26-15-3-2-4-16(9-15)27-18-8-6-14(10-20-18)23-19(25)13-5-7-17-21-12-22-24(17)11-13/h2-4,6,8-10,12-13H,5,7,11H2,1H3,(H,23,25). The molecule has 1 aromatic carbocycles. The topological polar surface area (TPSA) is 91.2 Å². The number of nitrogens with zero attached hydrogens (tertiary/aromatic N) is 4. The molecule has 0 spiro atoms. The number of pyridine rings is 1. The second-order valence-electron chi connectivity index (χ2n) is 6.25. The third kappa shape index (κ3) is 3.89. The maximum Gasteiger partial charge on any atom is 0.229 e. The number of hydrogen-bond donors (Lipinski definition) is 1. The van der Waals surface area contributed by atoms with Gasteiger partial charge in [-0.15, -0.1) is 0 Å². The highest BCUT2D eigenvalue weighted by molar-refractivity contribution is 5.92. The first-order valence-corrected chi connectivity index (χ1v) is 8.67. The molecule has 0 saturated heterocycles. The van der Waals surface area contributed by atoms with Crippen LogP contribution in [0.5, 0.6) is 17.4 Å². The Kier molecular flexibility index (Phi) is 4.69. The summed E-state index contributed by atoms with van der Waals surface area (Å²) >= 11 is 0. The Morgan fingerprint density at radius 1 is 1.22 bits per heavy atom. The lowest BCUT2D eigenvalue weighted by molar-refractivity contribution is -0.120. The van der Waals surface area contributed by atoms with E-state index in [1.54, 1.807) is 36.2 Å². The second kappa shape index (κ2) is 7.45. The van der Waals surface area contributed by atoms with E-state index in [2.05, 4.69) is 20.4 Å². The van der Waals surface area contributed by atoms with Crippen LogP contribution in [0.3, 0.4) is 0 Å². The predicted octanol–water partition coefficient (Wildman–Crippen LogP) is 2.68. The van der Waals surface area contributed by atoms with Gasteiger partial charge in [0.2, 0.25) is 11.8 Å². The maximum absolute atomic E-state index is 12.5. The summed E-state index contributed by atoms with van der Waals surface area (Å²) < 4.78 is 12.7. The Labute approximate surface area is 156 Å². The Morgan fingerprint density at radius 3 is 2.93 bits per heavy atom. The fourth-order valence-corrected chi connectivity index (χ4v) is 3.00. The summed E-state index contributed by atoms with van der Waals surface area (Å²) in [7, 11) is 1.60. The minimum Gasteiger partial charge on any atom is -0.497 e. The highest BCUT2D eigenvalue weighted by Crippen LogP contribution is 2.25. The number of ether oxygens (including phenoxy) is 2. The van der Waals surface area contributed by atoms with E-state index in [0.717, 1.165) is 18.7 Å². The van der Waals surface area contributed by atoms with Crippen molar-refractivity contribution in [3.05, 3.63) is 54.7 Å². The molecule has 1 aliphatic heterocycles. The van der Waals surface area contributed by atoms with Gasteiger partial charge in [-0.05, 0) is 24.6 Å². The number of benzene rings is 1. The van der Waals surface area contributed by atoms with E-state index in [9.17, 15) is 4.79 Å². The highest BCUT2D eigenvalue weighted by atomic mass is 16.5. The molecule has 1 N–H and O–H groups in total. The van der Waals surface area contributed by atoms with Crippen LogP contribution in [0.25, 0.3) is 0 Å². The number of amides is 1. The monoisotopic (exact) mass is 365 g/mol. The van der Waals surface area contributed by atoms with Gasteiger partial charge in [-0.2, -0.15) is 5.10 Å². The molecule has 27 heavy (non-hydrogen) atoms. The van der Waals surface area contributed by atoms with Crippen molar-refractivity contribution in [1.29, 1.82) is 0 Å². The van der Waals surface area contributed by atoms with Crippen LogP contribution in [0, 0.1) is 5.92 Å². The number of rotatable bonds is 5. The smallest absolute Gasteiger partial charge is 0.229 e. The van der Waals surface area contributed by atoms with E-state index < -0.39 is 0 Å². The van der Waals surface area contributed by atoms with Gasteiger partial charge in [0, 0.05) is 18.6 Å². The van der Waals surface area contributed by atoms with E-state index >= 15 is 0 Å². The van der Waals surface area contributed by atoms with Gasteiger partial charge in [0.05, 0.1) is 31.5 Å². The summed E-state index contributed by atoms with van der Waals surface area (Å²) in [6.07, 6.45) is 4.62. The van der Waals surface area contributed by atoms with Crippen LogP contribution in [0.4, 0.5) is 5.69 Å². The SMILES string of the molecule is COc1cccc(Oc2ccc(NC(=O)C3CCc4ncnn4C3)cn2)c1. The van der Waals surface area contributed by atoms with Crippen LogP contribution in [0.2, 0.25) is 0 Å². The van der Waals surface area contributed by atoms with Crippen molar-refractivity contribution >= 4 is 11.6 Å². The molecule has 0 radical (unpaired) electrons. The molecule has 1 aliphatic rings. The van der Waals surface area contributed by atoms with Crippen molar-refractivity contribution in [2.75, 3.05) is 12.4 Å². The highest BCUT2D eigenvalue weighted by Gasteiger charge is 2.25. The summed E-state index contributed by atoms with van der Waals surface area (Å²) in [4.78, 5) is 20.9. The van der Waals surface area contributed by atoms with Crippen LogP contribution >= 0.6 is 0 Å². The number of carbonyl (C=O) groups is 1. The predicted molar refractivity (Wildman–Crippen MR) is 97.8 cm³/mol. The first-order chi connectivity index (χ1) is 13.2. The maximum atomic E-state index is 12.5. The average molecular weight is 365 g/mol. The van der Waals surface area contributed by atoms with Crippen LogP contribution in [0.15, 0.2) is 48.9 Å². The number of anilines is 1. The quantitative estimate of drug-likeness (QED) is 0.747. The number of aryl methyl sites for hydroxylation is 1. The Morgan fingerprint density at radius 2 is 2.11 bits per heavy atom. The first-order valence-electron chi connectivity index (χ1n) is 8.67. The lowest BCUT2D eigenvalue weighted by Crippen LogP contribution is -2.31. The normalized spacial score (nSPS) is 15.7. The molecular weight excluding hydrogens is 346 g/mol. The van der Waals surface area contributed by atoms with Gasteiger partial charge >= 0.3 is 0 Å². The van der Waals surface area contributed by atoms with E-state index in [0.29, 0.717) is 29.6 Å². The van der Waals surface area contributed by atoms with E-state index in [1.165, 1.54) is 6.33 Å². The molecule has 0 bridgehead atoms. The lowest BCUT2D eigenvalue weighted by Gasteiger charge is -2.21. The number of carbonyl (C=O) groups excluding carboxylic acids is 1. The summed E-state index contributed by atoms with van der Waals surface area (Å²) in [6.45, 7) is 0.547. The van der Waals surface area contributed by atoms with Crippen molar-refractivity contribution < 1.29 is 14.3 Å². The fraction of sp³-hybridized carbons (Fsp3) is 0.263. The molecule has 8 nitrogen and oxygen atoms in total. The van der Waals surface area contributed by atoms with Crippen molar-refractivity contribution in [2.45, 2.75) is 19.4 Å². The molecule has 3 aromatic rings. The molecule has 1 amide bonds. The summed E-state index contributed by atoms with van der Waals surface area (Å²) in [6, 6.07) is 10.8. The van der Waals surface area contributed by atoms with Gasteiger partial charge in [0.25, 0.3) is 0 Å². The van der Waals surface area contributed by atoms with E-state index in [1.807, 2.05) is 18.2 Å². The Bertz CT molecular complexity index is 939. The van der Waals surface area contributed by atoms with Gasteiger partial charge in [0.15, 0.2) is 0 Å². The largest absolute Gasteiger partial charge is 0.497 e. The van der Waals surface area contributed by atoms with Crippen LogP contribution in [0.1, 0.15) is 12.2 Å². The summed E-state index contributed by atoms with van der Waals surface area (Å²) in [5.41, 5.74) is 0.627. The molecule has 4 rings (SSSR count). The Hall–Kier alpha value is -3.42. The van der Waals surface area contributed by atoms with Crippen molar-refractivity contribution in [2.24, 2.45) is 5.92 Å². The van der Waals surface area contributed by atoms with Gasteiger partial charge in [-0.3, -0.25) is 4.79 Å². The fourth-order valence-electron chi connectivity index (χ4n) is 3.00. The zero-order chi connectivity index (χ0) is 18.6. The molecule has 8 heteroatoms. The minimum absolute atomic E-state index is 0.0422. The molecule has 0 aliphatic carbocycles. The molecule has 0 fully saturated rings. The first kappa shape index (κ1) is 17.0. The molecule has 3 heterocycles. The van der Waals surface area contributed by atoms with Gasteiger partial charge in [0.1, 0.15) is 23.7 Å². The van der Waals surface area contributed by atoms with Gasteiger partial charge < -0.3 is 14.8 Å². The van der Waals surface area contributed by atoms with Crippen LogP contribution < -0.4 is 14.8 Å². The van der Waals surface area contributed by atoms with Crippen LogP contribution in [-0.2, 0) is 17.8 Å². The minimum atomic E-state index is -0.132. The molecule has 138 valence electrons. The molecule has 1 unspecified atom stereocenters. The van der Waals surface area contributed by atoms with Crippen molar-refractivity contribution in [3.63, 3.8) is 0 Å². The van der Waals surface area contributed by atoms with Gasteiger partial charge in [-0.1, -0.05) is 6.07 Å². The number of aromatic nitrogens is 4. The zero-order valence-corrected chi connectivity index (χ0v) is 14.8.